The molecule has 0 bridgehead atoms. The minimum atomic E-state index is 0.605. The van der Waals surface area contributed by atoms with Crippen LogP contribution in [0.4, 0.5) is 17.3 Å². The summed E-state index contributed by atoms with van der Waals surface area (Å²) in [5.74, 6) is 2.12. The Kier molecular flexibility index (Phi) is 4.68. The third-order valence-corrected chi connectivity index (χ3v) is 3.42. The van der Waals surface area contributed by atoms with Crippen LogP contribution in [-0.4, -0.2) is 9.97 Å². The number of hydrogen-bond acceptors (Lipinski definition) is 5. The molecule has 0 aliphatic heterocycles. The molecular formula is C19H17N5. The van der Waals surface area contributed by atoms with Crippen LogP contribution in [0, 0.1) is 18.3 Å². The predicted octanol–water partition coefficient (Wildman–Crippen LogP) is 4.01. The van der Waals surface area contributed by atoms with Gasteiger partial charge in [-0.15, -0.1) is 0 Å². The molecule has 3 rings (SSSR count). The van der Waals surface area contributed by atoms with Crippen LogP contribution in [0.1, 0.15) is 17.0 Å². The quantitative estimate of drug-likeness (QED) is 0.744. The Morgan fingerprint density at radius 3 is 2.54 bits per heavy atom. The molecule has 1 heterocycles. The number of hydrogen-bond donors (Lipinski definition) is 2. The van der Waals surface area contributed by atoms with E-state index in [-0.39, 0.29) is 0 Å². The van der Waals surface area contributed by atoms with Gasteiger partial charge in [0.2, 0.25) is 0 Å². The Balaban J connectivity index is 1.75. The van der Waals surface area contributed by atoms with E-state index in [9.17, 15) is 0 Å². The van der Waals surface area contributed by atoms with Gasteiger partial charge in [-0.05, 0) is 30.7 Å². The first kappa shape index (κ1) is 15.5. The molecule has 2 N–H and O–H groups in total. The van der Waals surface area contributed by atoms with Gasteiger partial charge in [0, 0.05) is 18.3 Å². The molecule has 24 heavy (non-hydrogen) atoms. The number of benzene rings is 2. The number of nitriles is 1. The van der Waals surface area contributed by atoms with Crippen molar-refractivity contribution in [1.82, 2.24) is 9.97 Å². The fourth-order valence-corrected chi connectivity index (χ4v) is 2.33. The largest absolute Gasteiger partial charge is 0.366 e. The fraction of sp³-hybridized carbons (Fsp3) is 0.105. The second kappa shape index (κ2) is 7.25. The zero-order valence-electron chi connectivity index (χ0n) is 13.3. The molecule has 0 radical (unpaired) electrons. The van der Waals surface area contributed by atoms with Crippen molar-refractivity contribution < 1.29 is 0 Å². The van der Waals surface area contributed by atoms with Crippen LogP contribution in [0.5, 0.6) is 0 Å². The molecule has 0 atom stereocenters. The summed E-state index contributed by atoms with van der Waals surface area (Å²) in [5, 5.41) is 15.5. The first-order valence-corrected chi connectivity index (χ1v) is 7.63. The van der Waals surface area contributed by atoms with Crippen molar-refractivity contribution in [2.75, 3.05) is 10.6 Å². The van der Waals surface area contributed by atoms with Crippen LogP contribution in [0.15, 0.2) is 60.7 Å². The summed E-state index contributed by atoms with van der Waals surface area (Å²) in [6, 6.07) is 21.4. The van der Waals surface area contributed by atoms with E-state index in [1.54, 1.807) is 12.1 Å². The molecule has 3 aromatic rings. The Morgan fingerprint density at radius 1 is 0.958 bits per heavy atom. The average Bonchev–Trinajstić information content (AvgIpc) is 2.60. The van der Waals surface area contributed by atoms with Gasteiger partial charge in [-0.3, -0.25) is 0 Å². The highest BCUT2D eigenvalue weighted by atomic mass is 15.1. The van der Waals surface area contributed by atoms with Gasteiger partial charge in [-0.25, -0.2) is 9.97 Å². The van der Waals surface area contributed by atoms with E-state index in [4.69, 9.17) is 5.26 Å². The lowest BCUT2D eigenvalue weighted by atomic mass is 10.2. The number of rotatable bonds is 5. The summed E-state index contributed by atoms with van der Waals surface area (Å²) >= 11 is 0. The van der Waals surface area contributed by atoms with Crippen molar-refractivity contribution in [3.05, 3.63) is 77.6 Å². The second-order valence-corrected chi connectivity index (χ2v) is 5.34. The van der Waals surface area contributed by atoms with Crippen LogP contribution < -0.4 is 10.6 Å². The van der Waals surface area contributed by atoms with Gasteiger partial charge >= 0.3 is 0 Å². The zero-order chi connectivity index (χ0) is 16.8. The van der Waals surface area contributed by atoms with Crippen LogP contribution in [0.3, 0.4) is 0 Å². The van der Waals surface area contributed by atoms with Gasteiger partial charge in [0.15, 0.2) is 0 Å². The number of aromatic nitrogens is 2. The Bertz CT molecular complexity index is 868. The Labute approximate surface area is 141 Å². The summed E-state index contributed by atoms with van der Waals surface area (Å²) in [4.78, 5) is 8.80. The molecule has 0 saturated heterocycles. The molecule has 0 fully saturated rings. The van der Waals surface area contributed by atoms with E-state index in [2.05, 4.69) is 38.8 Å². The lowest BCUT2D eigenvalue weighted by Gasteiger charge is -2.10. The summed E-state index contributed by atoms with van der Waals surface area (Å²) in [5.41, 5.74) is 2.61. The highest BCUT2D eigenvalue weighted by Crippen LogP contribution is 2.18. The number of aryl methyl sites for hydroxylation is 1. The highest BCUT2D eigenvalue weighted by molar-refractivity contribution is 5.61. The zero-order valence-corrected chi connectivity index (χ0v) is 13.3. The standard InChI is InChI=1S/C19H17N5/c1-14-22-18(21-13-15-6-3-2-4-7-15)11-19(23-14)24-17-9-5-8-16(10-17)12-20/h2-11H,13H2,1H3,(H2,21,22,23,24). The summed E-state index contributed by atoms with van der Waals surface area (Å²) in [6.07, 6.45) is 0. The maximum Gasteiger partial charge on any atom is 0.136 e. The highest BCUT2D eigenvalue weighted by Gasteiger charge is 2.03. The van der Waals surface area contributed by atoms with Crippen LogP contribution in [0.2, 0.25) is 0 Å². The van der Waals surface area contributed by atoms with E-state index < -0.39 is 0 Å². The maximum absolute atomic E-state index is 8.98. The first-order chi connectivity index (χ1) is 11.7. The molecule has 5 nitrogen and oxygen atoms in total. The SMILES string of the molecule is Cc1nc(NCc2ccccc2)cc(Nc2cccc(C#N)c2)n1. The normalized spacial score (nSPS) is 10.0. The predicted molar refractivity (Wildman–Crippen MR) is 95.0 cm³/mol. The molecule has 5 heteroatoms. The second-order valence-electron chi connectivity index (χ2n) is 5.34. The molecule has 1 aromatic heterocycles. The van der Waals surface area contributed by atoms with Gasteiger partial charge in [-0.1, -0.05) is 36.4 Å². The van der Waals surface area contributed by atoms with Crippen molar-refractivity contribution in [3.8, 4) is 6.07 Å². The number of anilines is 3. The fourth-order valence-electron chi connectivity index (χ4n) is 2.33. The molecule has 0 spiro atoms. The van der Waals surface area contributed by atoms with E-state index in [1.807, 2.05) is 43.3 Å². The van der Waals surface area contributed by atoms with Gasteiger partial charge in [0.05, 0.1) is 11.6 Å². The smallest absolute Gasteiger partial charge is 0.136 e. The van der Waals surface area contributed by atoms with Crippen molar-refractivity contribution in [2.24, 2.45) is 0 Å². The third kappa shape index (κ3) is 4.08. The molecule has 0 amide bonds. The lowest BCUT2D eigenvalue weighted by Crippen LogP contribution is -2.05. The first-order valence-electron chi connectivity index (χ1n) is 7.63. The van der Waals surface area contributed by atoms with E-state index in [0.29, 0.717) is 23.8 Å². The maximum atomic E-state index is 8.98. The Hall–Kier alpha value is -3.39. The molecular weight excluding hydrogens is 298 g/mol. The van der Waals surface area contributed by atoms with Crippen LogP contribution in [-0.2, 0) is 6.54 Å². The minimum absolute atomic E-state index is 0.605. The molecule has 0 aliphatic rings. The summed E-state index contributed by atoms with van der Waals surface area (Å²) < 4.78 is 0. The van der Waals surface area contributed by atoms with Crippen molar-refractivity contribution in [3.63, 3.8) is 0 Å². The van der Waals surface area contributed by atoms with E-state index in [1.165, 1.54) is 5.56 Å². The molecule has 0 saturated carbocycles. The lowest BCUT2D eigenvalue weighted by molar-refractivity contribution is 1.03. The van der Waals surface area contributed by atoms with Crippen LogP contribution in [0.25, 0.3) is 0 Å². The monoisotopic (exact) mass is 315 g/mol. The van der Waals surface area contributed by atoms with Gasteiger partial charge in [0.25, 0.3) is 0 Å². The van der Waals surface area contributed by atoms with E-state index in [0.717, 1.165) is 11.5 Å². The van der Waals surface area contributed by atoms with Gasteiger partial charge in [0.1, 0.15) is 17.5 Å². The van der Waals surface area contributed by atoms with Gasteiger partial charge in [-0.2, -0.15) is 5.26 Å². The van der Waals surface area contributed by atoms with Crippen molar-refractivity contribution in [1.29, 1.82) is 5.26 Å². The average molecular weight is 315 g/mol. The molecule has 118 valence electrons. The minimum Gasteiger partial charge on any atom is -0.366 e. The van der Waals surface area contributed by atoms with Crippen molar-refractivity contribution >= 4 is 17.3 Å². The summed E-state index contributed by atoms with van der Waals surface area (Å²) in [7, 11) is 0. The molecule has 0 unspecified atom stereocenters. The molecule has 0 aliphatic carbocycles. The van der Waals surface area contributed by atoms with Crippen molar-refractivity contribution in [2.45, 2.75) is 13.5 Å². The number of nitrogens with one attached hydrogen (secondary N) is 2. The summed E-state index contributed by atoms with van der Waals surface area (Å²) in [6.45, 7) is 2.55. The topological polar surface area (TPSA) is 73.6 Å². The Morgan fingerprint density at radius 2 is 1.75 bits per heavy atom. The van der Waals surface area contributed by atoms with Crippen LogP contribution >= 0.6 is 0 Å². The van der Waals surface area contributed by atoms with E-state index >= 15 is 0 Å². The number of nitrogens with zero attached hydrogens (tertiary/aromatic N) is 3. The molecule has 2 aromatic carbocycles. The third-order valence-electron chi connectivity index (χ3n) is 3.42. The van der Waals surface area contributed by atoms with Gasteiger partial charge < -0.3 is 10.6 Å².